The Morgan fingerprint density at radius 2 is 1.38 bits per heavy atom. The standard InChI is InChI=1S/C3H10N2.3ClH/c1-3(5)2-4;;;/h3H,2,4-5H2,1H3;3*1H. The summed E-state index contributed by atoms with van der Waals surface area (Å²) in [6.07, 6.45) is 0. The molecule has 0 spiro atoms. The smallest absolute Gasteiger partial charge is 0.0134 e. The normalized spacial score (nSPS) is 9.38. The molecule has 0 amide bonds. The van der Waals surface area contributed by atoms with Gasteiger partial charge >= 0.3 is 0 Å². The number of rotatable bonds is 1. The van der Waals surface area contributed by atoms with E-state index in [0.717, 1.165) is 0 Å². The molecule has 4 N–H and O–H groups in total. The number of nitrogens with two attached hydrogens (primary N) is 2. The van der Waals surface area contributed by atoms with Gasteiger partial charge in [0.2, 0.25) is 0 Å². The summed E-state index contributed by atoms with van der Waals surface area (Å²) in [6, 6.07) is 0.162. The predicted molar refractivity (Wildman–Crippen MR) is 44.4 cm³/mol. The van der Waals surface area contributed by atoms with Gasteiger partial charge in [-0.2, -0.15) is 0 Å². The molecule has 0 rings (SSSR count). The second kappa shape index (κ2) is 15.7. The Morgan fingerprint density at radius 1 is 1.25 bits per heavy atom. The molecule has 1 unspecified atom stereocenters. The van der Waals surface area contributed by atoms with Gasteiger partial charge in [-0.25, -0.2) is 0 Å². The van der Waals surface area contributed by atoms with Gasteiger partial charge in [0.15, 0.2) is 0 Å². The van der Waals surface area contributed by atoms with Crippen LogP contribution in [0.2, 0.25) is 0 Å². The van der Waals surface area contributed by atoms with E-state index in [1.165, 1.54) is 0 Å². The van der Waals surface area contributed by atoms with E-state index in [1.54, 1.807) is 0 Å². The minimum atomic E-state index is 0. The summed E-state index contributed by atoms with van der Waals surface area (Å²) in [7, 11) is 0. The first-order chi connectivity index (χ1) is 2.27. The summed E-state index contributed by atoms with van der Waals surface area (Å²) < 4.78 is 0. The van der Waals surface area contributed by atoms with E-state index in [1.807, 2.05) is 6.92 Å². The average molecular weight is 184 g/mol. The van der Waals surface area contributed by atoms with Gasteiger partial charge in [0.25, 0.3) is 0 Å². The zero-order valence-corrected chi connectivity index (χ0v) is 7.11. The lowest BCUT2D eigenvalue weighted by Gasteiger charge is -1.92. The van der Waals surface area contributed by atoms with E-state index in [9.17, 15) is 0 Å². The highest BCUT2D eigenvalue weighted by Crippen LogP contribution is 1.59. The maximum absolute atomic E-state index is 5.17. The Labute approximate surface area is 68.6 Å². The van der Waals surface area contributed by atoms with Crippen molar-refractivity contribution in [2.24, 2.45) is 11.5 Å². The van der Waals surface area contributed by atoms with Crippen LogP contribution in [0.1, 0.15) is 6.92 Å². The molecular formula is C3H13Cl3N2. The third kappa shape index (κ3) is 29.2. The monoisotopic (exact) mass is 182 g/mol. The quantitative estimate of drug-likeness (QED) is 0.624. The molecule has 0 aliphatic heterocycles. The van der Waals surface area contributed by atoms with Crippen molar-refractivity contribution in [1.29, 1.82) is 0 Å². The molecule has 0 saturated heterocycles. The second-order valence-corrected chi connectivity index (χ2v) is 1.21. The highest BCUT2D eigenvalue weighted by Gasteiger charge is 1.79. The van der Waals surface area contributed by atoms with Crippen LogP contribution in [-0.4, -0.2) is 12.6 Å². The Bertz CT molecular complexity index is 26.5. The van der Waals surface area contributed by atoms with Crippen LogP contribution in [-0.2, 0) is 0 Å². The van der Waals surface area contributed by atoms with E-state index < -0.39 is 0 Å². The molecule has 0 aliphatic rings. The minimum Gasteiger partial charge on any atom is -0.329 e. The van der Waals surface area contributed by atoms with Crippen molar-refractivity contribution in [3.63, 3.8) is 0 Å². The van der Waals surface area contributed by atoms with Crippen molar-refractivity contribution >= 4 is 37.2 Å². The average Bonchev–Trinajstić information content (AvgIpc) is 1.38. The van der Waals surface area contributed by atoms with Gasteiger partial charge in [-0.1, -0.05) is 0 Å². The molecule has 8 heavy (non-hydrogen) atoms. The molecule has 0 radical (unpaired) electrons. The molecule has 1 atom stereocenters. The Balaban J connectivity index is -0.0000000267. The van der Waals surface area contributed by atoms with Crippen LogP contribution in [0.4, 0.5) is 0 Å². The van der Waals surface area contributed by atoms with Crippen LogP contribution in [0.25, 0.3) is 0 Å². The molecule has 0 aromatic carbocycles. The zero-order valence-electron chi connectivity index (χ0n) is 4.66. The number of hydrogen-bond donors (Lipinski definition) is 2. The van der Waals surface area contributed by atoms with Gasteiger partial charge < -0.3 is 11.5 Å². The Morgan fingerprint density at radius 3 is 1.38 bits per heavy atom. The molecule has 0 aliphatic carbocycles. The topological polar surface area (TPSA) is 52.0 Å². The lowest BCUT2D eigenvalue weighted by Crippen LogP contribution is -2.25. The van der Waals surface area contributed by atoms with Crippen molar-refractivity contribution in [2.75, 3.05) is 6.54 Å². The van der Waals surface area contributed by atoms with Crippen LogP contribution in [0.15, 0.2) is 0 Å². The fraction of sp³-hybridized carbons (Fsp3) is 1.00. The first-order valence-corrected chi connectivity index (χ1v) is 1.73. The third-order valence-corrected chi connectivity index (χ3v) is 0.372. The van der Waals surface area contributed by atoms with Crippen molar-refractivity contribution < 1.29 is 0 Å². The summed E-state index contributed by atoms with van der Waals surface area (Å²) in [5.41, 5.74) is 10.2. The number of hydrogen-bond acceptors (Lipinski definition) is 2. The summed E-state index contributed by atoms with van der Waals surface area (Å²) in [5.74, 6) is 0. The summed E-state index contributed by atoms with van der Waals surface area (Å²) >= 11 is 0. The van der Waals surface area contributed by atoms with E-state index in [4.69, 9.17) is 11.5 Å². The molecule has 0 aromatic heterocycles. The van der Waals surface area contributed by atoms with Gasteiger partial charge in [0.05, 0.1) is 0 Å². The Hall–Kier alpha value is 0.790. The molecule has 0 fully saturated rings. The first-order valence-electron chi connectivity index (χ1n) is 1.73. The second-order valence-electron chi connectivity index (χ2n) is 1.21. The van der Waals surface area contributed by atoms with E-state index >= 15 is 0 Å². The highest BCUT2D eigenvalue weighted by molar-refractivity contribution is 5.86. The molecule has 0 heterocycles. The first kappa shape index (κ1) is 23.2. The highest BCUT2D eigenvalue weighted by atomic mass is 35.5. The third-order valence-electron chi connectivity index (χ3n) is 0.372. The lowest BCUT2D eigenvalue weighted by atomic mass is 10.4. The van der Waals surface area contributed by atoms with Crippen LogP contribution in [0.3, 0.4) is 0 Å². The fourth-order valence-electron chi connectivity index (χ4n) is 0. The summed E-state index contributed by atoms with van der Waals surface area (Å²) in [4.78, 5) is 0. The van der Waals surface area contributed by atoms with E-state index in [-0.39, 0.29) is 43.3 Å². The Kier molecular flexibility index (Phi) is 45.5. The zero-order chi connectivity index (χ0) is 4.28. The molecule has 0 bridgehead atoms. The van der Waals surface area contributed by atoms with Gasteiger partial charge in [-0.05, 0) is 6.92 Å². The van der Waals surface area contributed by atoms with Gasteiger partial charge in [-0.15, -0.1) is 37.2 Å². The van der Waals surface area contributed by atoms with Crippen LogP contribution < -0.4 is 11.5 Å². The molecule has 56 valence electrons. The van der Waals surface area contributed by atoms with Crippen LogP contribution in [0.5, 0.6) is 0 Å². The summed E-state index contributed by atoms with van der Waals surface area (Å²) in [6.45, 7) is 2.46. The van der Waals surface area contributed by atoms with E-state index in [2.05, 4.69) is 0 Å². The molecule has 0 aromatic rings. The van der Waals surface area contributed by atoms with Gasteiger partial charge in [0, 0.05) is 12.6 Å². The van der Waals surface area contributed by atoms with Gasteiger partial charge in [0.1, 0.15) is 0 Å². The molecular weight excluding hydrogens is 170 g/mol. The molecule has 5 heteroatoms. The van der Waals surface area contributed by atoms with Crippen molar-refractivity contribution in [3.05, 3.63) is 0 Å². The molecule has 2 nitrogen and oxygen atoms in total. The van der Waals surface area contributed by atoms with Crippen molar-refractivity contribution in [2.45, 2.75) is 13.0 Å². The minimum absolute atomic E-state index is 0. The predicted octanol–water partition coefficient (Wildman–Crippen LogP) is 0.558. The number of halogens is 3. The molecule has 0 saturated carbocycles. The van der Waals surface area contributed by atoms with Crippen LogP contribution in [0, 0.1) is 0 Å². The van der Waals surface area contributed by atoms with E-state index in [0.29, 0.717) is 6.54 Å². The van der Waals surface area contributed by atoms with Crippen LogP contribution >= 0.6 is 37.2 Å². The largest absolute Gasteiger partial charge is 0.329 e. The maximum Gasteiger partial charge on any atom is 0.0134 e. The van der Waals surface area contributed by atoms with Crippen molar-refractivity contribution in [1.82, 2.24) is 0 Å². The SMILES string of the molecule is CC(N)CN.Cl.Cl.Cl. The maximum atomic E-state index is 5.17. The lowest BCUT2D eigenvalue weighted by molar-refractivity contribution is 0.752. The summed E-state index contributed by atoms with van der Waals surface area (Å²) in [5, 5.41) is 0. The van der Waals surface area contributed by atoms with Gasteiger partial charge in [-0.3, -0.25) is 0 Å². The fourth-order valence-corrected chi connectivity index (χ4v) is 0. The van der Waals surface area contributed by atoms with Crippen molar-refractivity contribution in [3.8, 4) is 0 Å².